The van der Waals surface area contributed by atoms with Crippen molar-refractivity contribution in [1.29, 1.82) is 0 Å². The monoisotopic (exact) mass is 355 g/mol. The van der Waals surface area contributed by atoms with E-state index >= 15 is 0 Å². The second-order valence-electron chi connectivity index (χ2n) is 5.24. The zero-order valence-corrected chi connectivity index (χ0v) is 15.0. The van der Waals surface area contributed by atoms with Crippen LogP contribution in [0.15, 0.2) is 24.8 Å². The fourth-order valence-corrected chi connectivity index (χ4v) is 2.04. The molecule has 1 aromatic rings. The number of hydrogen-bond acceptors (Lipinski definition) is 5. The van der Waals surface area contributed by atoms with Crippen LogP contribution < -0.4 is 14.8 Å². The Morgan fingerprint density at radius 2 is 2.00 bits per heavy atom. The smallest absolute Gasteiger partial charge is 0.339 e. The first-order valence-electron chi connectivity index (χ1n) is 7.43. The molecule has 0 bridgehead atoms. The van der Waals surface area contributed by atoms with Gasteiger partial charge in [-0.2, -0.15) is 0 Å². The standard InChI is InChI=1S/C17H22ClNO5/c1-6-7-19-16(20)11(4)24-17(21)12-8-13(18)15(23-10(2)3)14(9-12)22-5/h6,8-11H,1,7H2,2-5H3,(H,19,20). The summed E-state index contributed by atoms with van der Waals surface area (Å²) in [5.74, 6) is -0.442. The number of ether oxygens (including phenoxy) is 3. The van der Waals surface area contributed by atoms with E-state index in [2.05, 4.69) is 11.9 Å². The van der Waals surface area contributed by atoms with Gasteiger partial charge in [0.1, 0.15) is 0 Å². The van der Waals surface area contributed by atoms with Gasteiger partial charge in [0.2, 0.25) is 0 Å². The highest BCUT2D eigenvalue weighted by atomic mass is 35.5. The quantitative estimate of drug-likeness (QED) is 0.573. The molecule has 1 aromatic carbocycles. The van der Waals surface area contributed by atoms with Crippen LogP contribution in [0.1, 0.15) is 31.1 Å². The Labute approximate surface area is 146 Å². The van der Waals surface area contributed by atoms with Crippen LogP contribution in [0, 0.1) is 0 Å². The maximum Gasteiger partial charge on any atom is 0.339 e. The van der Waals surface area contributed by atoms with Crippen LogP contribution in [0.25, 0.3) is 0 Å². The van der Waals surface area contributed by atoms with Gasteiger partial charge < -0.3 is 19.5 Å². The fraction of sp³-hybridized carbons (Fsp3) is 0.412. The van der Waals surface area contributed by atoms with E-state index in [0.29, 0.717) is 18.0 Å². The van der Waals surface area contributed by atoms with E-state index in [1.54, 1.807) is 0 Å². The van der Waals surface area contributed by atoms with Gasteiger partial charge in [-0.15, -0.1) is 6.58 Å². The van der Waals surface area contributed by atoms with Gasteiger partial charge >= 0.3 is 5.97 Å². The largest absolute Gasteiger partial charge is 0.493 e. The van der Waals surface area contributed by atoms with E-state index in [1.807, 2.05) is 13.8 Å². The molecule has 0 aromatic heterocycles. The maximum absolute atomic E-state index is 12.2. The molecule has 7 heteroatoms. The molecule has 132 valence electrons. The summed E-state index contributed by atoms with van der Waals surface area (Å²) in [7, 11) is 1.44. The zero-order chi connectivity index (χ0) is 18.3. The molecule has 1 atom stereocenters. The van der Waals surface area contributed by atoms with E-state index in [9.17, 15) is 9.59 Å². The summed E-state index contributed by atoms with van der Waals surface area (Å²) in [6, 6.07) is 2.87. The lowest BCUT2D eigenvalue weighted by molar-refractivity contribution is -0.128. The van der Waals surface area contributed by atoms with E-state index in [1.165, 1.54) is 32.2 Å². The van der Waals surface area contributed by atoms with Gasteiger partial charge in [0.15, 0.2) is 17.6 Å². The van der Waals surface area contributed by atoms with Crippen molar-refractivity contribution >= 4 is 23.5 Å². The molecule has 1 rings (SSSR count). The Hall–Kier alpha value is -2.21. The number of benzene rings is 1. The summed E-state index contributed by atoms with van der Waals surface area (Å²) >= 11 is 6.17. The second kappa shape index (κ2) is 9.17. The number of hydrogen-bond donors (Lipinski definition) is 1. The van der Waals surface area contributed by atoms with Gasteiger partial charge in [-0.1, -0.05) is 17.7 Å². The Balaban J connectivity index is 2.93. The minimum Gasteiger partial charge on any atom is -0.493 e. The third kappa shape index (κ3) is 5.45. The lowest BCUT2D eigenvalue weighted by atomic mass is 10.2. The number of carbonyl (C=O) groups excluding carboxylic acids is 2. The van der Waals surface area contributed by atoms with E-state index in [-0.39, 0.29) is 16.7 Å². The first-order valence-corrected chi connectivity index (χ1v) is 7.81. The summed E-state index contributed by atoms with van der Waals surface area (Å²) in [5, 5.41) is 2.77. The Morgan fingerprint density at radius 3 is 2.54 bits per heavy atom. The molecule has 0 saturated heterocycles. The first kappa shape index (κ1) is 19.8. The van der Waals surface area contributed by atoms with Crippen molar-refractivity contribution in [2.45, 2.75) is 33.0 Å². The third-order valence-electron chi connectivity index (χ3n) is 2.89. The van der Waals surface area contributed by atoms with Gasteiger partial charge in [-0.25, -0.2) is 4.79 Å². The number of esters is 1. The molecule has 0 aliphatic carbocycles. The number of amides is 1. The second-order valence-corrected chi connectivity index (χ2v) is 5.64. The van der Waals surface area contributed by atoms with Crippen LogP contribution in [0.4, 0.5) is 0 Å². The average Bonchev–Trinajstić information content (AvgIpc) is 2.53. The Morgan fingerprint density at radius 1 is 1.33 bits per heavy atom. The summed E-state index contributed by atoms with van der Waals surface area (Å²) in [6.07, 6.45) is 0.474. The van der Waals surface area contributed by atoms with E-state index < -0.39 is 18.0 Å². The highest BCUT2D eigenvalue weighted by Crippen LogP contribution is 2.37. The number of rotatable bonds is 8. The number of methoxy groups -OCH3 is 1. The first-order chi connectivity index (χ1) is 11.3. The van der Waals surface area contributed by atoms with Crippen molar-refractivity contribution in [2.75, 3.05) is 13.7 Å². The molecular weight excluding hydrogens is 334 g/mol. The molecule has 1 N–H and O–H groups in total. The molecule has 24 heavy (non-hydrogen) atoms. The molecule has 1 amide bonds. The van der Waals surface area contributed by atoms with Crippen LogP contribution in [-0.2, 0) is 9.53 Å². The average molecular weight is 356 g/mol. The predicted molar refractivity (Wildman–Crippen MR) is 91.9 cm³/mol. The van der Waals surface area contributed by atoms with Gasteiger partial charge in [0.25, 0.3) is 5.91 Å². The van der Waals surface area contributed by atoms with Crippen molar-refractivity contribution in [1.82, 2.24) is 5.32 Å². The third-order valence-corrected chi connectivity index (χ3v) is 3.17. The highest BCUT2D eigenvalue weighted by molar-refractivity contribution is 6.32. The number of nitrogens with one attached hydrogen (secondary N) is 1. The molecule has 0 saturated carbocycles. The van der Waals surface area contributed by atoms with Gasteiger partial charge in [0.05, 0.1) is 23.8 Å². The van der Waals surface area contributed by atoms with Crippen molar-refractivity contribution < 1.29 is 23.8 Å². The summed E-state index contributed by atoms with van der Waals surface area (Å²) in [5.41, 5.74) is 0.163. The van der Waals surface area contributed by atoms with Crippen molar-refractivity contribution in [3.05, 3.63) is 35.4 Å². The van der Waals surface area contributed by atoms with Gasteiger partial charge in [-0.05, 0) is 32.9 Å². The molecule has 0 spiro atoms. The summed E-state index contributed by atoms with van der Waals surface area (Å²) in [6.45, 7) is 8.96. The number of carbonyl (C=O) groups is 2. The van der Waals surface area contributed by atoms with Crippen molar-refractivity contribution in [3.8, 4) is 11.5 Å². The minimum atomic E-state index is -0.950. The Bertz CT molecular complexity index is 615. The summed E-state index contributed by atoms with van der Waals surface area (Å²) in [4.78, 5) is 23.9. The molecule has 1 unspecified atom stereocenters. The lowest BCUT2D eigenvalue weighted by Crippen LogP contribution is -2.35. The van der Waals surface area contributed by atoms with Crippen molar-refractivity contribution in [3.63, 3.8) is 0 Å². The molecular formula is C17H22ClNO5. The maximum atomic E-state index is 12.2. The van der Waals surface area contributed by atoms with Gasteiger partial charge in [-0.3, -0.25) is 4.79 Å². The summed E-state index contributed by atoms with van der Waals surface area (Å²) < 4.78 is 15.9. The number of halogens is 1. The molecule has 6 nitrogen and oxygen atoms in total. The van der Waals surface area contributed by atoms with Gasteiger partial charge in [0, 0.05) is 6.54 Å². The molecule has 0 fully saturated rings. The highest BCUT2D eigenvalue weighted by Gasteiger charge is 2.21. The van der Waals surface area contributed by atoms with Crippen LogP contribution >= 0.6 is 11.6 Å². The van der Waals surface area contributed by atoms with Crippen LogP contribution in [0.2, 0.25) is 5.02 Å². The molecule has 0 aliphatic rings. The Kier molecular flexibility index (Phi) is 7.58. The fourth-order valence-electron chi connectivity index (χ4n) is 1.79. The van der Waals surface area contributed by atoms with Crippen LogP contribution in [0.3, 0.4) is 0 Å². The van der Waals surface area contributed by atoms with Crippen LogP contribution in [0.5, 0.6) is 11.5 Å². The SMILES string of the molecule is C=CCNC(=O)C(C)OC(=O)c1cc(Cl)c(OC(C)C)c(OC)c1. The molecule has 0 radical (unpaired) electrons. The topological polar surface area (TPSA) is 73.9 Å². The van der Waals surface area contributed by atoms with E-state index in [4.69, 9.17) is 25.8 Å². The van der Waals surface area contributed by atoms with E-state index in [0.717, 1.165) is 0 Å². The molecule has 0 heterocycles. The lowest BCUT2D eigenvalue weighted by Gasteiger charge is -2.17. The predicted octanol–water partition coefficient (Wildman–Crippen LogP) is 2.98. The molecule has 0 aliphatic heterocycles. The zero-order valence-electron chi connectivity index (χ0n) is 14.2. The normalized spacial score (nSPS) is 11.6. The van der Waals surface area contributed by atoms with Crippen molar-refractivity contribution in [2.24, 2.45) is 0 Å². The van der Waals surface area contributed by atoms with Crippen LogP contribution in [-0.4, -0.2) is 37.7 Å². The minimum absolute atomic E-state index is 0.109.